The summed E-state index contributed by atoms with van der Waals surface area (Å²) in [5.41, 5.74) is 1.50. The van der Waals surface area contributed by atoms with Crippen LogP contribution in [0.5, 0.6) is 11.5 Å². The maximum atomic E-state index is 12.5. The van der Waals surface area contributed by atoms with Crippen molar-refractivity contribution in [3.63, 3.8) is 0 Å². The smallest absolute Gasteiger partial charge is 0.339 e. The Bertz CT molecular complexity index is 1370. The maximum absolute atomic E-state index is 12.5. The van der Waals surface area contributed by atoms with Crippen LogP contribution in [0.3, 0.4) is 0 Å². The van der Waals surface area contributed by atoms with Crippen molar-refractivity contribution in [2.75, 3.05) is 16.4 Å². The first-order valence-electron chi connectivity index (χ1n) is 10.3. The second kappa shape index (κ2) is 10.6. The highest BCUT2D eigenvalue weighted by atomic mass is 32.2. The minimum absolute atomic E-state index is 0.0113. The lowest BCUT2D eigenvalue weighted by atomic mass is 10.2. The summed E-state index contributed by atoms with van der Waals surface area (Å²) < 4.78 is 58.8. The lowest BCUT2D eigenvalue weighted by Gasteiger charge is -2.11. The molecule has 9 nitrogen and oxygen atoms in total. The predicted molar refractivity (Wildman–Crippen MR) is 129 cm³/mol. The highest BCUT2D eigenvalue weighted by molar-refractivity contribution is 7.87. The highest BCUT2D eigenvalue weighted by Gasteiger charge is 2.17. The van der Waals surface area contributed by atoms with Crippen LogP contribution in [-0.4, -0.2) is 28.6 Å². The first-order chi connectivity index (χ1) is 16.1. The van der Waals surface area contributed by atoms with Crippen molar-refractivity contribution in [1.82, 2.24) is 0 Å². The maximum Gasteiger partial charge on any atom is 0.339 e. The van der Waals surface area contributed by atoms with E-state index in [2.05, 4.69) is 10.6 Å². The fourth-order valence-electron chi connectivity index (χ4n) is 2.86. The number of anilines is 2. The average Bonchev–Trinajstić information content (AvgIpc) is 2.73. The molecular weight excluding hydrogens is 480 g/mol. The second-order valence-corrected chi connectivity index (χ2v) is 10.6. The monoisotopic (exact) mass is 504 g/mol. The van der Waals surface area contributed by atoms with Crippen LogP contribution in [-0.2, 0) is 20.2 Å². The number of benzene rings is 3. The Balaban J connectivity index is 1.66. The Hall–Kier alpha value is -3.57. The second-order valence-electron chi connectivity index (χ2n) is 7.33. The molecule has 0 unspecified atom stereocenters. The van der Waals surface area contributed by atoms with Gasteiger partial charge in [-0.2, -0.15) is 16.8 Å². The SMILES string of the molecule is CCCS(=O)(=O)Oc1cccc(NC(=O)Nc2cccc(OS(=O)(=O)c3ccc(C)cc3)c2)c1. The number of carbonyl (C=O) groups is 1. The molecule has 3 rings (SSSR count). The quantitative estimate of drug-likeness (QED) is 0.410. The molecule has 2 N–H and O–H groups in total. The number of amides is 2. The van der Waals surface area contributed by atoms with Crippen LogP contribution >= 0.6 is 0 Å². The predicted octanol–water partition coefficient (Wildman–Crippen LogP) is 4.53. The summed E-state index contributed by atoms with van der Waals surface area (Å²) in [6.07, 6.45) is 0.414. The molecule has 0 aliphatic rings. The van der Waals surface area contributed by atoms with Gasteiger partial charge in [-0.15, -0.1) is 0 Å². The van der Waals surface area contributed by atoms with Crippen molar-refractivity contribution >= 4 is 37.6 Å². The van der Waals surface area contributed by atoms with Gasteiger partial charge in [0.25, 0.3) is 0 Å². The average molecular weight is 505 g/mol. The van der Waals surface area contributed by atoms with Gasteiger partial charge in [0.2, 0.25) is 0 Å². The van der Waals surface area contributed by atoms with E-state index in [0.29, 0.717) is 12.1 Å². The molecule has 0 saturated carbocycles. The van der Waals surface area contributed by atoms with E-state index in [1.807, 2.05) is 6.92 Å². The van der Waals surface area contributed by atoms with E-state index in [1.54, 1.807) is 31.2 Å². The Morgan fingerprint density at radius 2 is 1.32 bits per heavy atom. The van der Waals surface area contributed by atoms with Gasteiger partial charge >= 0.3 is 26.3 Å². The molecule has 0 radical (unpaired) electrons. The van der Waals surface area contributed by atoms with Gasteiger partial charge in [0, 0.05) is 23.5 Å². The summed E-state index contributed by atoms with van der Waals surface area (Å²) >= 11 is 0. The third-order valence-electron chi connectivity index (χ3n) is 4.38. The molecule has 0 aromatic heterocycles. The molecule has 3 aromatic carbocycles. The van der Waals surface area contributed by atoms with Gasteiger partial charge in [0.05, 0.1) is 5.75 Å². The Morgan fingerprint density at radius 1 is 0.794 bits per heavy atom. The zero-order valence-corrected chi connectivity index (χ0v) is 20.1. The minimum Gasteiger partial charge on any atom is -0.382 e. The van der Waals surface area contributed by atoms with Crippen LogP contribution in [0.4, 0.5) is 16.2 Å². The summed E-state index contributed by atoms with van der Waals surface area (Å²) in [4.78, 5) is 12.4. The van der Waals surface area contributed by atoms with Crippen molar-refractivity contribution in [3.05, 3.63) is 78.4 Å². The number of nitrogens with one attached hydrogen (secondary N) is 2. The molecular formula is C23H24N2O7S2. The standard InChI is InChI=1S/C23H24N2O7S2/c1-3-14-33(27,28)31-20-8-4-6-18(15-20)24-23(26)25-19-7-5-9-21(16-19)32-34(29,30)22-12-10-17(2)11-13-22/h4-13,15-16H,3,14H2,1-2H3,(H2,24,25,26). The minimum atomic E-state index is -4.04. The summed E-state index contributed by atoms with van der Waals surface area (Å²) in [5.74, 6) is -0.0266. The van der Waals surface area contributed by atoms with Crippen molar-refractivity contribution in [2.45, 2.75) is 25.2 Å². The fourth-order valence-corrected chi connectivity index (χ4v) is 4.77. The van der Waals surface area contributed by atoms with E-state index in [9.17, 15) is 21.6 Å². The Kier molecular flexibility index (Phi) is 7.79. The third-order valence-corrected chi connectivity index (χ3v) is 6.99. The summed E-state index contributed by atoms with van der Waals surface area (Å²) in [5, 5.41) is 5.13. The van der Waals surface area contributed by atoms with Gasteiger partial charge in [0.1, 0.15) is 16.4 Å². The highest BCUT2D eigenvalue weighted by Crippen LogP contribution is 2.23. The normalized spacial score (nSPS) is 11.5. The molecule has 34 heavy (non-hydrogen) atoms. The molecule has 180 valence electrons. The van der Waals surface area contributed by atoms with Gasteiger partial charge in [-0.1, -0.05) is 36.8 Å². The number of carbonyl (C=O) groups excluding carboxylic acids is 1. The summed E-state index contributed by atoms with van der Waals surface area (Å²) in [6, 6.07) is 17.4. The van der Waals surface area contributed by atoms with Crippen molar-refractivity contribution in [1.29, 1.82) is 0 Å². The van der Waals surface area contributed by atoms with Gasteiger partial charge in [-0.3, -0.25) is 0 Å². The van der Waals surface area contributed by atoms with Crippen molar-refractivity contribution < 1.29 is 30.0 Å². The first kappa shape index (κ1) is 25.1. The molecule has 0 saturated heterocycles. The van der Waals surface area contributed by atoms with E-state index in [1.165, 1.54) is 48.5 Å². The summed E-state index contributed by atoms with van der Waals surface area (Å²) in [6.45, 7) is 3.57. The Labute approximate surface area is 199 Å². The largest absolute Gasteiger partial charge is 0.382 e. The van der Waals surface area contributed by atoms with E-state index in [4.69, 9.17) is 8.37 Å². The molecule has 2 amide bonds. The lowest BCUT2D eigenvalue weighted by molar-refractivity contribution is 0.262. The van der Waals surface area contributed by atoms with Crippen LogP contribution < -0.4 is 19.0 Å². The van der Waals surface area contributed by atoms with E-state index in [0.717, 1.165) is 5.56 Å². The molecule has 11 heteroatoms. The zero-order valence-electron chi connectivity index (χ0n) is 18.5. The molecule has 0 heterocycles. The number of rotatable bonds is 9. The van der Waals surface area contributed by atoms with Crippen LogP contribution in [0.25, 0.3) is 0 Å². The number of aryl methyl sites for hydroxylation is 1. The Morgan fingerprint density at radius 3 is 1.85 bits per heavy atom. The molecule has 0 aliphatic heterocycles. The van der Waals surface area contributed by atoms with Gasteiger partial charge in [-0.05, 0) is 49.7 Å². The molecule has 0 fully saturated rings. The molecule has 0 bridgehead atoms. The molecule has 0 spiro atoms. The zero-order chi connectivity index (χ0) is 24.8. The van der Waals surface area contributed by atoms with Crippen LogP contribution in [0, 0.1) is 6.92 Å². The molecule has 3 aromatic rings. The lowest BCUT2D eigenvalue weighted by Crippen LogP contribution is -2.19. The van der Waals surface area contributed by atoms with Gasteiger partial charge < -0.3 is 19.0 Å². The summed E-state index contributed by atoms with van der Waals surface area (Å²) in [7, 11) is -7.75. The number of hydrogen-bond donors (Lipinski definition) is 2. The fraction of sp³-hybridized carbons (Fsp3) is 0.174. The number of urea groups is 1. The topological polar surface area (TPSA) is 128 Å². The van der Waals surface area contributed by atoms with Crippen molar-refractivity contribution in [2.24, 2.45) is 0 Å². The van der Waals surface area contributed by atoms with E-state index in [-0.39, 0.29) is 27.8 Å². The van der Waals surface area contributed by atoms with Crippen LogP contribution in [0.1, 0.15) is 18.9 Å². The van der Waals surface area contributed by atoms with E-state index < -0.39 is 26.3 Å². The van der Waals surface area contributed by atoms with Crippen molar-refractivity contribution in [3.8, 4) is 11.5 Å². The van der Waals surface area contributed by atoms with Gasteiger partial charge in [0.15, 0.2) is 0 Å². The van der Waals surface area contributed by atoms with Crippen LogP contribution in [0.2, 0.25) is 0 Å². The van der Waals surface area contributed by atoms with E-state index >= 15 is 0 Å². The first-order valence-corrected chi connectivity index (χ1v) is 13.3. The third kappa shape index (κ3) is 7.22. The number of hydrogen-bond acceptors (Lipinski definition) is 7. The van der Waals surface area contributed by atoms with Crippen LogP contribution in [0.15, 0.2) is 77.7 Å². The molecule has 0 aliphatic carbocycles. The molecule has 0 atom stereocenters. The van der Waals surface area contributed by atoms with Gasteiger partial charge in [-0.25, -0.2) is 4.79 Å².